The van der Waals surface area contributed by atoms with Crippen molar-refractivity contribution in [3.8, 4) is 0 Å². The van der Waals surface area contributed by atoms with Crippen LogP contribution in [0.25, 0.3) is 0 Å². The summed E-state index contributed by atoms with van der Waals surface area (Å²) in [6.45, 7) is 1.87. The molecule has 0 spiro atoms. The minimum absolute atomic E-state index is 0.0962. The standard InChI is InChI=1S/C11H14ClFN2O/c12-9-2-1-3-10(11(9)13)15-16-8-4-6-14-7-5-8/h1-3,8,14-15H,4-7H2. The van der Waals surface area contributed by atoms with Gasteiger partial charge in [0, 0.05) is 0 Å². The van der Waals surface area contributed by atoms with E-state index in [2.05, 4.69) is 10.8 Å². The van der Waals surface area contributed by atoms with E-state index in [0.717, 1.165) is 25.9 Å². The highest BCUT2D eigenvalue weighted by atomic mass is 35.5. The fourth-order valence-corrected chi connectivity index (χ4v) is 1.82. The lowest BCUT2D eigenvalue weighted by atomic mass is 10.1. The summed E-state index contributed by atoms with van der Waals surface area (Å²) in [5.74, 6) is -0.474. The van der Waals surface area contributed by atoms with Crippen LogP contribution < -0.4 is 10.8 Å². The van der Waals surface area contributed by atoms with Gasteiger partial charge in [-0.25, -0.2) is 4.39 Å². The molecule has 1 fully saturated rings. The lowest BCUT2D eigenvalue weighted by molar-refractivity contribution is 0.0733. The molecule has 0 aliphatic carbocycles. The lowest BCUT2D eigenvalue weighted by Crippen LogP contribution is -2.33. The normalized spacial score (nSPS) is 17.4. The molecule has 1 saturated heterocycles. The van der Waals surface area contributed by atoms with Crippen LogP contribution in [0.2, 0.25) is 5.02 Å². The van der Waals surface area contributed by atoms with Gasteiger partial charge in [0.05, 0.1) is 16.8 Å². The molecule has 0 amide bonds. The second-order valence-corrected chi connectivity index (χ2v) is 4.18. The van der Waals surface area contributed by atoms with Gasteiger partial charge in [-0.2, -0.15) is 0 Å². The smallest absolute Gasteiger partial charge is 0.167 e. The quantitative estimate of drug-likeness (QED) is 0.802. The van der Waals surface area contributed by atoms with Crippen LogP contribution in [0, 0.1) is 5.82 Å². The SMILES string of the molecule is Fc1c(Cl)cccc1NOC1CCNCC1. The number of rotatable bonds is 3. The summed E-state index contributed by atoms with van der Waals surface area (Å²) in [6.07, 6.45) is 1.98. The Kier molecular flexibility index (Phi) is 3.98. The highest BCUT2D eigenvalue weighted by Crippen LogP contribution is 2.22. The molecule has 0 saturated carbocycles. The van der Waals surface area contributed by atoms with E-state index in [1.54, 1.807) is 12.1 Å². The van der Waals surface area contributed by atoms with Gasteiger partial charge in [0.25, 0.3) is 0 Å². The Hall–Kier alpha value is -0.840. The van der Waals surface area contributed by atoms with Crippen LogP contribution in [-0.2, 0) is 4.84 Å². The number of anilines is 1. The van der Waals surface area contributed by atoms with Crippen molar-refractivity contribution in [1.82, 2.24) is 5.32 Å². The fraction of sp³-hybridized carbons (Fsp3) is 0.455. The van der Waals surface area contributed by atoms with Crippen molar-refractivity contribution in [2.75, 3.05) is 18.6 Å². The molecule has 1 aliphatic heterocycles. The topological polar surface area (TPSA) is 33.3 Å². The summed E-state index contributed by atoms with van der Waals surface area (Å²) in [4.78, 5) is 5.42. The van der Waals surface area contributed by atoms with E-state index < -0.39 is 5.82 Å². The molecule has 1 aliphatic rings. The van der Waals surface area contributed by atoms with E-state index in [1.165, 1.54) is 6.07 Å². The van der Waals surface area contributed by atoms with Gasteiger partial charge in [-0.1, -0.05) is 17.7 Å². The Morgan fingerprint density at radius 2 is 2.12 bits per heavy atom. The minimum Gasteiger partial charge on any atom is -0.317 e. The van der Waals surface area contributed by atoms with E-state index in [-0.39, 0.29) is 16.8 Å². The first-order valence-electron chi connectivity index (χ1n) is 5.34. The Morgan fingerprint density at radius 3 is 2.88 bits per heavy atom. The first-order valence-corrected chi connectivity index (χ1v) is 5.71. The Labute approximate surface area is 98.9 Å². The van der Waals surface area contributed by atoms with Crippen molar-refractivity contribution in [3.05, 3.63) is 29.0 Å². The third-order valence-corrected chi connectivity index (χ3v) is 2.87. The third-order valence-electron chi connectivity index (χ3n) is 2.57. The van der Waals surface area contributed by atoms with Crippen molar-refractivity contribution in [1.29, 1.82) is 0 Å². The van der Waals surface area contributed by atoms with E-state index in [1.807, 2.05) is 0 Å². The number of halogens is 2. The van der Waals surface area contributed by atoms with Gasteiger partial charge >= 0.3 is 0 Å². The zero-order valence-electron chi connectivity index (χ0n) is 8.80. The molecule has 0 atom stereocenters. The molecule has 1 aromatic rings. The highest BCUT2D eigenvalue weighted by Gasteiger charge is 2.14. The molecular formula is C11H14ClFN2O. The van der Waals surface area contributed by atoms with Crippen LogP contribution in [0.5, 0.6) is 0 Å². The predicted molar refractivity (Wildman–Crippen MR) is 62.0 cm³/mol. The zero-order chi connectivity index (χ0) is 11.4. The van der Waals surface area contributed by atoms with Crippen molar-refractivity contribution >= 4 is 17.3 Å². The Balaban J connectivity index is 1.91. The maximum Gasteiger partial charge on any atom is 0.167 e. The summed E-state index contributed by atoms with van der Waals surface area (Å²) >= 11 is 5.65. The molecular weight excluding hydrogens is 231 g/mol. The van der Waals surface area contributed by atoms with Crippen LogP contribution in [0.1, 0.15) is 12.8 Å². The van der Waals surface area contributed by atoms with Crippen molar-refractivity contribution in [2.45, 2.75) is 18.9 Å². The van der Waals surface area contributed by atoms with Crippen LogP contribution in [0.4, 0.5) is 10.1 Å². The molecule has 1 aromatic carbocycles. The molecule has 16 heavy (non-hydrogen) atoms. The predicted octanol–water partition coefficient (Wildman–Crippen LogP) is 2.57. The number of piperidine rings is 1. The third kappa shape index (κ3) is 2.84. The summed E-state index contributed by atoms with van der Waals surface area (Å²) in [6, 6.07) is 4.79. The van der Waals surface area contributed by atoms with E-state index in [0.29, 0.717) is 0 Å². The lowest BCUT2D eigenvalue weighted by Gasteiger charge is -2.23. The summed E-state index contributed by atoms with van der Waals surface area (Å²) in [5, 5.41) is 3.33. The molecule has 0 bridgehead atoms. The van der Waals surface area contributed by atoms with Crippen molar-refractivity contribution in [2.24, 2.45) is 0 Å². The first kappa shape index (κ1) is 11.6. The largest absolute Gasteiger partial charge is 0.317 e. The van der Waals surface area contributed by atoms with E-state index in [4.69, 9.17) is 16.4 Å². The summed E-state index contributed by atoms with van der Waals surface area (Å²) in [5.41, 5.74) is 2.92. The number of hydrogen-bond acceptors (Lipinski definition) is 3. The average Bonchev–Trinajstić information content (AvgIpc) is 2.32. The molecule has 2 N–H and O–H groups in total. The average molecular weight is 245 g/mol. The number of benzene rings is 1. The molecule has 0 unspecified atom stereocenters. The Morgan fingerprint density at radius 1 is 1.38 bits per heavy atom. The monoisotopic (exact) mass is 244 g/mol. The van der Waals surface area contributed by atoms with E-state index >= 15 is 0 Å². The molecule has 2 rings (SSSR count). The molecule has 88 valence electrons. The molecule has 3 nitrogen and oxygen atoms in total. The number of hydrogen-bond donors (Lipinski definition) is 2. The van der Waals surface area contributed by atoms with Gasteiger partial charge in [0.2, 0.25) is 0 Å². The molecule has 0 aromatic heterocycles. The van der Waals surface area contributed by atoms with Crippen LogP contribution in [0.3, 0.4) is 0 Å². The Bertz CT molecular complexity index is 356. The van der Waals surface area contributed by atoms with Gasteiger partial charge in [-0.3, -0.25) is 10.3 Å². The van der Waals surface area contributed by atoms with Crippen molar-refractivity contribution in [3.63, 3.8) is 0 Å². The van der Waals surface area contributed by atoms with E-state index in [9.17, 15) is 4.39 Å². The first-order chi connectivity index (χ1) is 7.77. The second kappa shape index (κ2) is 5.48. The highest BCUT2D eigenvalue weighted by molar-refractivity contribution is 6.31. The van der Waals surface area contributed by atoms with Crippen LogP contribution in [-0.4, -0.2) is 19.2 Å². The summed E-state index contributed by atoms with van der Waals surface area (Å²) in [7, 11) is 0. The van der Waals surface area contributed by atoms with Gasteiger partial charge in [-0.15, -0.1) is 0 Å². The zero-order valence-corrected chi connectivity index (χ0v) is 9.56. The fourth-order valence-electron chi connectivity index (χ4n) is 1.64. The summed E-state index contributed by atoms with van der Waals surface area (Å²) < 4.78 is 13.5. The van der Waals surface area contributed by atoms with Crippen molar-refractivity contribution < 1.29 is 9.23 Å². The van der Waals surface area contributed by atoms with Gasteiger partial charge in [0.15, 0.2) is 5.82 Å². The second-order valence-electron chi connectivity index (χ2n) is 3.77. The molecule has 0 radical (unpaired) electrons. The minimum atomic E-state index is -0.474. The maximum absolute atomic E-state index is 13.5. The van der Waals surface area contributed by atoms with Gasteiger partial charge < -0.3 is 5.32 Å². The molecule has 1 heterocycles. The molecule has 5 heteroatoms. The number of nitrogens with one attached hydrogen (secondary N) is 2. The van der Waals surface area contributed by atoms with Crippen LogP contribution in [0.15, 0.2) is 18.2 Å². The van der Waals surface area contributed by atoms with Crippen LogP contribution >= 0.6 is 11.6 Å². The maximum atomic E-state index is 13.5. The van der Waals surface area contributed by atoms with Gasteiger partial charge in [0.1, 0.15) is 0 Å². The van der Waals surface area contributed by atoms with Gasteiger partial charge in [-0.05, 0) is 38.1 Å².